The van der Waals surface area contributed by atoms with Gasteiger partial charge in [-0.25, -0.2) is 0 Å². The number of nitrogens with zero attached hydrogens (tertiary/aromatic N) is 2. The van der Waals surface area contributed by atoms with Crippen molar-refractivity contribution in [3.63, 3.8) is 0 Å². The van der Waals surface area contributed by atoms with Crippen molar-refractivity contribution in [2.75, 3.05) is 0 Å². The van der Waals surface area contributed by atoms with Crippen LogP contribution in [0.15, 0.2) is 36.7 Å². The number of aromatic nitrogens is 2. The fourth-order valence-electron chi connectivity index (χ4n) is 1.91. The molecule has 0 saturated carbocycles. The standard InChI is InChI=1S/C15H18N2O/c1-4-13-5-7-14(8-6-13)15(18)12(3)17-10-11(2)9-16-17/h5-10,12H,4H2,1-3H3. The molecule has 0 saturated heterocycles. The maximum Gasteiger partial charge on any atom is 0.187 e. The Hall–Kier alpha value is -1.90. The Kier molecular flexibility index (Phi) is 3.60. The third-order valence-electron chi connectivity index (χ3n) is 3.15. The Morgan fingerprint density at radius 3 is 2.50 bits per heavy atom. The summed E-state index contributed by atoms with van der Waals surface area (Å²) in [7, 11) is 0. The van der Waals surface area contributed by atoms with E-state index in [-0.39, 0.29) is 11.8 Å². The molecule has 0 fully saturated rings. The first-order chi connectivity index (χ1) is 8.61. The Morgan fingerprint density at radius 1 is 1.33 bits per heavy atom. The molecule has 1 aromatic heterocycles. The minimum atomic E-state index is -0.258. The van der Waals surface area contributed by atoms with Crippen LogP contribution in [0.4, 0.5) is 0 Å². The van der Waals surface area contributed by atoms with Crippen LogP contribution in [0.25, 0.3) is 0 Å². The Balaban J connectivity index is 2.19. The van der Waals surface area contributed by atoms with E-state index in [0.29, 0.717) is 0 Å². The number of carbonyl (C=O) groups excluding carboxylic acids is 1. The maximum atomic E-state index is 12.3. The van der Waals surface area contributed by atoms with Crippen LogP contribution < -0.4 is 0 Å². The highest BCUT2D eigenvalue weighted by Crippen LogP contribution is 2.15. The molecule has 3 nitrogen and oxygen atoms in total. The van der Waals surface area contributed by atoms with Crippen LogP contribution in [0, 0.1) is 6.92 Å². The van der Waals surface area contributed by atoms with E-state index in [2.05, 4.69) is 12.0 Å². The molecule has 0 amide bonds. The van der Waals surface area contributed by atoms with Crippen LogP contribution in [0.5, 0.6) is 0 Å². The number of carbonyl (C=O) groups is 1. The van der Waals surface area contributed by atoms with Gasteiger partial charge in [0.25, 0.3) is 0 Å². The van der Waals surface area contributed by atoms with E-state index in [0.717, 1.165) is 17.5 Å². The number of rotatable bonds is 4. The largest absolute Gasteiger partial charge is 0.292 e. The summed E-state index contributed by atoms with van der Waals surface area (Å²) in [6.07, 6.45) is 4.65. The molecule has 2 rings (SSSR count). The van der Waals surface area contributed by atoms with Gasteiger partial charge in [-0.3, -0.25) is 9.48 Å². The quantitative estimate of drug-likeness (QED) is 0.772. The first-order valence-corrected chi connectivity index (χ1v) is 6.25. The highest BCUT2D eigenvalue weighted by molar-refractivity contribution is 5.98. The molecule has 1 heterocycles. The van der Waals surface area contributed by atoms with Gasteiger partial charge in [0.2, 0.25) is 0 Å². The maximum absolute atomic E-state index is 12.3. The highest BCUT2D eigenvalue weighted by atomic mass is 16.1. The molecule has 0 aliphatic heterocycles. The van der Waals surface area contributed by atoms with Crippen molar-refractivity contribution >= 4 is 5.78 Å². The van der Waals surface area contributed by atoms with Crippen molar-refractivity contribution in [3.8, 4) is 0 Å². The van der Waals surface area contributed by atoms with Gasteiger partial charge in [0.05, 0.1) is 6.20 Å². The van der Waals surface area contributed by atoms with Gasteiger partial charge in [-0.1, -0.05) is 31.2 Å². The fourth-order valence-corrected chi connectivity index (χ4v) is 1.91. The lowest BCUT2D eigenvalue weighted by Gasteiger charge is -2.11. The van der Waals surface area contributed by atoms with Gasteiger partial charge >= 0.3 is 0 Å². The second-order valence-electron chi connectivity index (χ2n) is 4.59. The minimum absolute atomic E-state index is 0.0979. The van der Waals surface area contributed by atoms with Crippen molar-refractivity contribution in [1.82, 2.24) is 9.78 Å². The third kappa shape index (κ3) is 2.50. The van der Waals surface area contributed by atoms with Crippen LogP contribution in [-0.2, 0) is 6.42 Å². The van der Waals surface area contributed by atoms with E-state index in [4.69, 9.17) is 0 Å². The van der Waals surface area contributed by atoms with Gasteiger partial charge in [-0.05, 0) is 31.4 Å². The number of ketones is 1. The molecule has 1 atom stereocenters. The molecule has 0 spiro atoms. The molecule has 0 aliphatic carbocycles. The van der Waals surface area contributed by atoms with E-state index in [1.54, 1.807) is 10.9 Å². The second kappa shape index (κ2) is 5.17. The van der Waals surface area contributed by atoms with Gasteiger partial charge in [-0.15, -0.1) is 0 Å². The topological polar surface area (TPSA) is 34.9 Å². The smallest absolute Gasteiger partial charge is 0.187 e. The first kappa shape index (κ1) is 12.6. The zero-order chi connectivity index (χ0) is 13.1. The van der Waals surface area contributed by atoms with E-state index < -0.39 is 0 Å². The highest BCUT2D eigenvalue weighted by Gasteiger charge is 2.17. The molecule has 18 heavy (non-hydrogen) atoms. The average molecular weight is 242 g/mol. The summed E-state index contributed by atoms with van der Waals surface area (Å²) in [5.74, 6) is 0.0979. The van der Waals surface area contributed by atoms with Crippen LogP contribution in [0.2, 0.25) is 0 Å². The average Bonchev–Trinajstić information content (AvgIpc) is 2.84. The van der Waals surface area contributed by atoms with Gasteiger partial charge < -0.3 is 0 Å². The van der Waals surface area contributed by atoms with Crippen LogP contribution in [0.1, 0.15) is 41.4 Å². The molecule has 94 valence electrons. The zero-order valence-corrected chi connectivity index (χ0v) is 11.1. The molecule has 0 bridgehead atoms. The number of hydrogen-bond acceptors (Lipinski definition) is 2. The monoisotopic (exact) mass is 242 g/mol. The van der Waals surface area contributed by atoms with Gasteiger partial charge in [0, 0.05) is 11.8 Å². The molecule has 1 unspecified atom stereocenters. The lowest BCUT2D eigenvalue weighted by atomic mass is 10.0. The summed E-state index contributed by atoms with van der Waals surface area (Å²) in [5, 5.41) is 4.19. The van der Waals surface area contributed by atoms with Crippen molar-refractivity contribution in [2.45, 2.75) is 33.2 Å². The number of benzene rings is 1. The summed E-state index contributed by atoms with van der Waals surface area (Å²) >= 11 is 0. The molecule has 0 radical (unpaired) electrons. The van der Waals surface area contributed by atoms with Crippen LogP contribution >= 0.6 is 0 Å². The molecule has 0 N–H and O–H groups in total. The first-order valence-electron chi connectivity index (χ1n) is 6.25. The second-order valence-corrected chi connectivity index (χ2v) is 4.59. The summed E-state index contributed by atoms with van der Waals surface area (Å²) in [5.41, 5.74) is 3.05. The predicted octanol–water partition coefficient (Wildman–Crippen LogP) is 3.20. The molecule has 0 aliphatic rings. The lowest BCUT2D eigenvalue weighted by Crippen LogP contribution is -2.17. The number of aryl methyl sites for hydroxylation is 2. The number of hydrogen-bond donors (Lipinski definition) is 0. The van der Waals surface area contributed by atoms with Crippen molar-refractivity contribution in [2.24, 2.45) is 0 Å². The van der Waals surface area contributed by atoms with Crippen LogP contribution in [0.3, 0.4) is 0 Å². The van der Waals surface area contributed by atoms with E-state index >= 15 is 0 Å². The Morgan fingerprint density at radius 2 is 2.00 bits per heavy atom. The van der Waals surface area contributed by atoms with E-state index in [1.165, 1.54) is 5.56 Å². The molecule has 1 aromatic carbocycles. The molecular formula is C15H18N2O. The van der Waals surface area contributed by atoms with E-state index in [1.807, 2.05) is 44.3 Å². The van der Waals surface area contributed by atoms with Crippen molar-refractivity contribution in [3.05, 3.63) is 53.3 Å². The Bertz CT molecular complexity index is 540. The summed E-state index contributed by atoms with van der Waals surface area (Å²) in [4.78, 5) is 12.3. The summed E-state index contributed by atoms with van der Waals surface area (Å²) in [6.45, 7) is 5.95. The SMILES string of the molecule is CCc1ccc(C(=O)C(C)n2cc(C)cn2)cc1. The fraction of sp³-hybridized carbons (Fsp3) is 0.333. The van der Waals surface area contributed by atoms with Gasteiger partial charge in [0.15, 0.2) is 5.78 Å². The summed E-state index contributed by atoms with van der Waals surface area (Å²) < 4.78 is 1.71. The predicted molar refractivity (Wildman–Crippen MR) is 71.8 cm³/mol. The molecule has 3 heteroatoms. The van der Waals surface area contributed by atoms with E-state index in [9.17, 15) is 4.79 Å². The van der Waals surface area contributed by atoms with Crippen molar-refractivity contribution in [1.29, 1.82) is 0 Å². The summed E-state index contributed by atoms with van der Waals surface area (Å²) in [6, 6.07) is 7.55. The Labute approximate surface area is 107 Å². The minimum Gasteiger partial charge on any atom is -0.292 e. The van der Waals surface area contributed by atoms with Crippen molar-refractivity contribution < 1.29 is 4.79 Å². The third-order valence-corrected chi connectivity index (χ3v) is 3.15. The lowest BCUT2D eigenvalue weighted by molar-refractivity contribution is 0.0928. The molecule has 2 aromatic rings. The zero-order valence-electron chi connectivity index (χ0n) is 11.1. The van der Waals surface area contributed by atoms with Gasteiger partial charge in [-0.2, -0.15) is 5.10 Å². The normalized spacial score (nSPS) is 12.4. The van der Waals surface area contributed by atoms with Crippen LogP contribution in [-0.4, -0.2) is 15.6 Å². The number of Topliss-reactive ketones (excluding diaryl/α,β-unsaturated/α-hetero) is 1. The molecular weight excluding hydrogens is 224 g/mol. The van der Waals surface area contributed by atoms with Gasteiger partial charge in [0.1, 0.15) is 6.04 Å².